The van der Waals surface area contributed by atoms with E-state index in [0.717, 1.165) is 17.1 Å². The second kappa shape index (κ2) is 5.70. The van der Waals surface area contributed by atoms with Crippen LogP contribution in [0.2, 0.25) is 0 Å². The van der Waals surface area contributed by atoms with Gasteiger partial charge in [-0.3, -0.25) is 4.99 Å². The van der Waals surface area contributed by atoms with Gasteiger partial charge in [0.25, 0.3) is 0 Å². The highest BCUT2D eigenvalue weighted by Crippen LogP contribution is 2.44. The van der Waals surface area contributed by atoms with Gasteiger partial charge in [0.1, 0.15) is 0 Å². The molecule has 4 aromatic carbocycles. The highest BCUT2D eigenvalue weighted by molar-refractivity contribution is 7.01. The number of fused-ring (bicyclic) bond motifs is 5. The van der Waals surface area contributed by atoms with Crippen molar-refractivity contribution < 1.29 is 0 Å². The molecule has 6 rings (SSSR count). The molecule has 0 fully saturated rings. The van der Waals surface area contributed by atoms with E-state index in [4.69, 9.17) is 0 Å². The lowest BCUT2D eigenvalue weighted by molar-refractivity contribution is 1.29. The Morgan fingerprint density at radius 2 is 1.39 bits per heavy atom. The number of benzene rings is 4. The van der Waals surface area contributed by atoms with Crippen molar-refractivity contribution in [2.45, 2.75) is 0 Å². The van der Waals surface area contributed by atoms with Crippen LogP contribution in [-0.4, -0.2) is 13.4 Å². The van der Waals surface area contributed by atoms with E-state index >= 15 is 0 Å². The smallest absolute Gasteiger partial charge is 0.248 e. The average Bonchev–Trinajstić information content (AvgIpc) is 3.10. The van der Waals surface area contributed by atoms with Crippen molar-refractivity contribution in [3.63, 3.8) is 0 Å². The van der Waals surface area contributed by atoms with Gasteiger partial charge in [0.15, 0.2) is 0 Å². The van der Waals surface area contributed by atoms with Crippen molar-refractivity contribution >= 4 is 52.6 Å². The molecule has 0 bridgehead atoms. The van der Waals surface area contributed by atoms with Crippen LogP contribution in [0.5, 0.6) is 0 Å². The van der Waals surface area contributed by atoms with Crippen LogP contribution in [0.3, 0.4) is 0 Å². The maximum absolute atomic E-state index is 4.41. The minimum Gasteiger partial charge on any atom is -0.309 e. The molecule has 0 N–H and O–H groups in total. The van der Waals surface area contributed by atoms with E-state index in [1.165, 1.54) is 33.2 Å². The Morgan fingerprint density at radius 1 is 0.679 bits per heavy atom. The van der Waals surface area contributed by atoms with E-state index in [0.29, 0.717) is 0 Å². The van der Waals surface area contributed by atoms with Crippen LogP contribution in [0.1, 0.15) is 0 Å². The Labute approximate surface area is 164 Å². The summed E-state index contributed by atoms with van der Waals surface area (Å²) >= 11 is 0. The molecule has 130 valence electrons. The van der Waals surface area contributed by atoms with E-state index in [1.54, 1.807) is 0 Å². The van der Waals surface area contributed by atoms with Crippen molar-refractivity contribution in [1.29, 1.82) is 0 Å². The Balaban J connectivity index is 1.77. The molecule has 2 aliphatic heterocycles. The zero-order valence-electron chi connectivity index (χ0n) is 15.3. The third kappa shape index (κ3) is 1.91. The lowest BCUT2D eigenvalue weighted by Gasteiger charge is -2.36. The lowest BCUT2D eigenvalue weighted by atomic mass is 9.37. The Hall–Kier alpha value is -3.59. The van der Waals surface area contributed by atoms with Crippen molar-refractivity contribution in [3.05, 3.63) is 91.0 Å². The first-order chi connectivity index (χ1) is 13.9. The molecule has 4 aromatic rings. The molecule has 3 heteroatoms. The number of aliphatic imine (C=N–C) groups is 1. The van der Waals surface area contributed by atoms with Crippen molar-refractivity contribution in [2.75, 3.05) is 4.90 Å². The van der Waals surface area contributed by atoms with Gasteiger partial charge in [-0.15, -0.1) is 0 Å². The topological polar surface area (TPSA) is 15.6 Å². The maximum Gasteiger partial charge on any atom is 0.248 e. The third-order valence-corrected chi connectivity index (χ3v) is 5.94. The highest BCUT2D eigenvalue weighted by atomic mass is 15.2. The minimum absolute atomic E-state index is 0.235. The molecule has 0 aromatic heterocycles. The summed E-state index contributed by atoms with van der Waals surface area (Å²) in [6.45, 7) is 4.11. The van der Waals surface area contributed by atoms with Crippen LogP contribution in [0, 0.1) is 0 Å². The number of para-hydroxylation sites is 2. The van der Waals surface area contributed by atoms with Gasteiger partial charge in [-0.05, 0) is 53.0 Å². The zero-order chi connectivity index (χ0) is 18.7. The molecule has 0 atom stereocenters. The van der Waals surface area contributed by atoms with Crippen molar-refractivity contribution in [3.8, 4) is 11.1 Å². The normalized spacial score (nSPS) is 13.0. The summed E-state index contributed by atoms with van der Waals surface area (Å²) in [6, 6.07) is 32.4. The summed E-state index contributed by atoms with van der Waals surface area (Å²) < 4.78 is 0. The first-order valence-corrected chi connectivity index (χ1v) is 9.55. The van der Waals surface area contributed by atoms with Crippen LogP contribution in [0.4, 0.5) is 22.7 Å². The summed E-state index contributed by atoms with van der Waals surface area (Å²) in [4.78, 5) is 6.75. The first-order valence-electron chi connectivity index (χ1n) is 9.55. The Morgan fingerprint density at radius 3 is 2.21 bits per heavy atom. The van der Waals surface area contributed by atoms with Gasteiger partial charge in [0.05, 0.1) is 11.4 Å². The quantitative estimate of drug-likeness (QED) is 0.334. The Kier molecular flexibility index (Phi) is 3.15. The van der Waals surface area contributed by atoms with Gasteiger partial charge in [0.2, 0.25) is 6.71 Å². The van der Waals surface area contributed by atoms with Gasteiger partial charge >= 0.3 is 0 Å². The summed E-state index contributed by atoms with van der Waals surface area (Å²) in [5, 5.41) is 0. The zero-order valence-corrected chi connectivity index (χ0v) is 15.3. The van der Waals surface area contributed by atoms with E-state index in [9.17, 15) is 0 Å². The minimum atomic E-state index is 0.235. The molecule has 0 unspecified atom stereocenters. The summed E-state index contributed by atoms with van der Waals surface area (Å²) in [5.41, 5.74) is 11.1. The number of nitrogens with zero attached hydrogens (tertiary/aromatic N) is 2. The molecular weight excluding hydrogens is 339 g/mol. The molecule has 0 spiro atoms. The van der Waals surface area contributed by atoms with E-state index in [-0.39, 0.29) is 6.71 Å². The fraction of sp³-hybridized carbons (Fsp3) is 0. The second-order valence-electron chi connectivity index (χ2n) is 7.30. The highest BCUT2D eigenvalue weighted by Gasteiger charge is 2.43. The molecule has 2 heterocycles. The van der Waals surface area contributed by atoms with Gasteiger partial charge < -0.3 is 4.90 Å². The largest absolute Gasteiger partial charge is 0.309 e. The SMILES string of the molecule is C=Nc1ccc2c3c1N(c1ccccc1)c1ccccc1B3c1ccccc1-2. The van der Waals surface area contributed by atoms with Crippen molar-refractivity contribution in [1.82, 2.24) is 0 Å². The molecule has 0 saturated heterocycles. The van der Waals surface area contributed by atoms with Crippen LogP contribution in [0.25, 0.3) is 11.1 Å². The van der Waals surface area contributed by atoms with Crippen LogP contribution in [-0.2, 0) is 0 Å². The monoisotopic (exact) mass is 356 g/mol. The molecule has 0 amide bonds. The third-order valence-electron chi connectivity index (χ3n) is 5.94. The molecule has 0 aliphatic carbocycles. The second-order valence-corrected chi connectivity index (χ2v) is 7.30. The number of anilines is 3. The van der Waals surface area contributed by atoms with Gasteiger partial charge in [-0.2, -0.15) is 0 Å². The predicted molar refractivity (Wildman–Crippen MR) is 120 cm³/mol. The van der Waals surface area contributed by atoms with Crippen molar-refractivity contribution in [2.24, 2.45) is 4.99 Å². The van der Waals surface area contributed by atoms with Gasteiger partial charge in [-0.25, -0.2) is 0 Å². The molecule has 0 saturated carbocycles. The predicted octanol–water partition coefficient (Wildman–Crippen LogP) is 4.30. The van der Waals surface area contributed by atoms with E-state index in [1.807, 2.05) is 0 Å². The molecule has 2 aliphatic rings. The van der Waals surface area contributed by atoms with Gasteiger partial charge in [-0.1, -0.05) is 72.2 Å². The average molecular weight is 356 g/mol. The molecule has 2 nitrogen and oxygen atoms in total. The molecular formula is C25H17BN2. The first kappa shape index (κ1) is 15.5. The standard InChI is InChI=1S/C25H17BN2/c1-27-22-16-15-19-18-11-5-6-12-20(18)26-21-13-7-8-14-23(21)28(25(22)24(19)26)17-9-3-2-4-10-17/h2-16H,1H2. The Bertz CT molecular complexity index is 1250. The van der Waals surface area contributed by atoms with Crippen LogP contribution >= 0.6 is 0 Å². The van der Waals surface area contributed by atoms with E-state index in [2.05, 4.69) is 108 Å². The summed E-state index contributed by atoms with van der Waals surface area (Å²) in [5.74, 6) is 0. The number of hydrogen-bond acceptors (Lipinski definition) is 2. The summed E-state index contributed by atoms with van der Waals surface area (Å²) in [7, 11) is 0. The fourth-order valence-corrected chi connectivity index (χ4v) is 4.86. The van der Waals surface area contributed by atoms with Gasteiger partial charge in [0, 0.05) is 11.4 Å². The number of hydrogen-bond donors (Lipinski definition) is 0. The number of rotatable bonds is 2. The van der Waals surface area contributed by atoms with Crippen LogP contribution < -0.4 is 21.3 Å². The van der Waals surface area contributed by atoms with Crippen LogP contribution in [0.15, 0.2) is 96.0 Å². The summed E-state index contributed by atoms with van der Waals surface area (Å²) in [6.07, 6.45) is 0. The maximum atomic E-state index is 4.41. The molecule has 28 heavy (non-hydrogen) atoms. The molecule has 0 radical (unpaired) electrons. The fourth-order valence-electron chi connectivity index (χ4n) is 4.86. The van der Waals surface area contributed by atoms with E-state index < -0.39 is 0 Å². The lowest BCUT2D eigenvalue weighted by Crippen LogP contribution is -2.54.